The van der Waals surface area contributed by atoms with E-state index >= 15 is 0 Å². The molecule has 1 aliphatic heterocycles. The molecule has 0 saturated carbocycles. The van der Waals surface area contributed by atoms with Crippen molar-refractivity contribution in [2.45, 2.75) is 45.6 Å². The third-order valence-corrected chi connectivity index (χ3v) is 4.98. The SMILES string of the molecule is CCCOc1ccc(C(=O)NC2CCN(C(=O)c3ccco3)CC2)cc1OCCC. The second kappa shape index (κ2) is 10.7. The first-order chi connectivity index (χ1) is 14.6. The molecule has 2 amide bonds. The van der Waals surface area contributed by atoms with Gasteiger partial charge >= 0.3 is 0 Å². The minimum Gasteiger partial charge on any atom is -0.490 e. The largest absolute Gasteiger partial charge is 0.490 e. The van der Waals surface area contributed by atoms with Crippen LogP contribution in [0.25, 0.3) is 0 Å². The minimum absolute atomic E-state index is 0.0224. The normalized spacial score (nSPS) is 14.4. The third kappa shape index (κ3) is 5.55. The number of carbonyl (C=O) groups is 2. The number of carbonyl (C=O) groups excluding carboxylic acids is 2. The molecule has 0 atom stereocenters. The summed E-state index contributed by atoms with van der Waals surface area (Å²) in [7, 11) is 0. The van der Waals surface area contributed by atoms with Crippen molar-refractivity contribution in [3.05, 3.63) is 47.9 Å². The second-order valence-corrected chi connectivity index (χ2v) is 7.38. The molecule has 0 aliphatic carbocycles. The molecule has 30 heavy (non-hydrogen) atoms. The highest BCUT2D eigenvalue weighted by Crippen LogP contribution is 2.29. The Morgan fingerprint density at radius 2 is 1.77 bits per heavy atom. The molecule has 1 saturated heterocycles. The standard InChI is InChI=1S/C23H30N2O5/c1-3-13-28-19-8-7-17(16-21(19)29-14-4-2)22(26)24-18-9-11-25(12-10-18)23(27)20-6-5-15-30-20/h5-8,15-16,18H,3-4,9-14H2,1-2H3,(H,24,26). The monoisotopic (exact) mass is 414 g/mol. The number of amides is 2. The van der Waals surface area contributed by atoms with Crippen molar-refractivity contribution in [1.82, 2.24) is 10.2 Å². The summed E-state index contributed by atoms with van der Waals surface area (Å²) in [5.74, 6) is 1.35. The summed E-state index contributed by atoms with van der Waals surface area (Å²) in [5, 5.41) is 3.08. The Kier molecular flexibility index (Phi) is 7.76. The number of rotatable bonds is 9. The van der Waals surface area contributed by atoms with Crippen LogP contribution in [0.4, 0.5) is 0 Å². The third-order valence-electron chi connectivity index (χ3n) is 4.98. The van der Waals surface area contributed by atoms with E-state index in [0.717, 1.165) is 12.8 Å². The fourth-order valence-electron chi connectivity index (χ4n) is 3.36. The number of ether oxygens (including phenoxy) is 2. The van der Waals surface area contributed by atoms with Crippen molar-refractivity contribution in [3.63, 3.8) is 0 Å². The van der Waals surface area contributed by atoms with Crippen LogP contribution in [0.15, 0.2) is 41.0 Å². The Labute approximate surface area is 177 Å². The lowest BCUT2D eigenvalue weighted by Crippen LogP contribution is -2.46. The zero-order valence-electron chi connectivity index (χ0n) is 17.7. The number of furan rings is 1. The molecule has 1 aliphatic rings. The molecule has 1 aromatic carbocycles. The van der Waals surface area contributed by atoms with Crippen molar-refractivity contribution >= 4 is 11.8 Å². The molecule has 0 unspecified atom stereocenters. The van der Waals surface area contributed by atoms with Crippen molar-refractivity contribution in [1.29, 1.82) is 0 Å². The van der Waals surface area contributed by atoms with Gasteiger partial charge in [-0.15, -0.1) is 0 Å². The molecule has 1 fully saturated rings. The lowest BCUT2D eigenvalue weighted by atomic mass is 10.0. The molecular weight excluding hydrogens is 384 g/mol. The van der Waals surface area contributed by atoms with Gasteiger partial charge in [-0.05, 0) is 56.0 Å². The first kappa shape index (κ1) is 21.7. The van der Waals surface area contributed by atoms with E-state index in [0.29, 0.717) is 62.0 Å². The zero-order chi connectivity index (χ0) is 21.3. The van der Waals surface area contributed by atoms with E-state index in [2.05, 4.69) is 5.32 Å². The Bertz CT molecular complexity index is 826. The molecule has 0 bridgehead atoms. The molecule has 2 heterocycles. The first-order valence-electron chi connectivity index (χ1n) is 10.7. The van der Waals surface area contributed by atoms with E-state index in [9.17, 15) is 9.59 Å². The molecule has 7 heteroatoms. The van der Waals surface area contributed by atoms with Crippen LogP contribution in [0.5, 0.6) is 11.5 Å². The molecule has 162 valence electrons. The lowest BCUT2D eigenvalue weighted by Gasteiger charge is -2.32. The minimum atomic E-state index is -0.144. The highest BCUT2D eigenvalue weighted by Gasteiger charge is 2.26. The quantitative estimate of drug-likeness (QED) is 0.673. The Morgan fingerprint density at radius 1 is 1.07 bits per heavy atom. The van der Waals surface area contributed by atoms with Crippen molar-refractivity contribution in [3.8, 4) is 11.5 Å². The van der Waals surface area contributed by atoms with E-state index in [1.165, 1.54) is 6.26 Å². The van der Waals surface area contributed by atoms with E-state index in [4.69, 9.17) is 13.9 Å². The predicted octanol–water partition coefficient (Wildman–Crippen LogP) is 3.89. The number of hydrogen-bond acceptors (Lipinski definition) is 5. The average molecular weight is 415 g/mol. The Balaban J connectivity index is 1.57. The Hall–Kier alpha value is -2.96. The first-order valence-corrected chi connectivity index (χ1v) is 10.7. The average Bonchev–Trinajstić information content (AvgIpc) is 3.31. The van der Waals surface area contributed by atoms with Gasteiger partial charge in [-0.3, -0.25) is 9.59 Å². The highest BCUT2D eigenvalue weighted by molar-refractivity contribution is 5.95. The second-order valence-electron chi connectivity index (χ2n) is 7.38. The topological polar surface area (TPSA) is 81.0 Å². The van der Waals surface area contributed by atoms with Crippen molar-refractivity contribution < 1.29 is 23.5 Å². The summed E-state index contributed by atoms with van der Waals surface area (Å²) < 4.78 is 16.7. The van der Waals surface area contributed by atoms with E-state index in [1.807, 2.05) is 13.8 Å². The highest BCUT2D eigenvalue weighted by atomic mass is 16.5. The van der Waals surface area contributed by atoms with Gasteiger partial charge in [0.15, 0.2) is 17.3 Å². The maximum absolute atomic E-state index is 12.8. The van der Waals surface area contributed by atoms with Gasteiger partial charge in [0, 0.05) is 24.7 Å². The maximum Gasteiger partial charge on any atom is 0.289 e. The van der Waals surface area contributed by atoms with Crippen LogP contribution in [-0.2, 0) is 0 Å². The van der Waals surface area contributed by atoms with Crippen LogP contribution < -0.4 is 14.8 Å². The fraction of sp³-hybridized carbons (Fsp3) is 0.478. The number of benzene rings is 1. The van der Waals surface area contributed by atoms with Gasteiger partial charge in [0.2, 0.25) is 0 Å². The smallest absolute Gasteiger partial charge is 0.289 e. The van der Waals surface area contributed by atoms with E-state index in [-0.39, 0.29) is 17.9 Å². The van der Waals surface area contributed by atoms with Crippen LogP contribution in [0.1, 0.15) is 60.4 Å². The number of likely N-dealkylation sites (tertiary alicyclic amines) is 1. The zero-order valence-corrected chi connectivity index (χ0v) is 17.7. The van der Waals surface area contributed by atoms with Gasteiger partial charge in [-0.2, -0.15) is 0 Å². The summed E-state index contributed by atoms with van der Waals surface area (Å²) >= 11 is 0. The van der Waals surface area contributed by atoms with Gasteiger partial charge in [0.1, 0.15) is 0 Å². The molecule has 7 nitrogen and oxygen atoms in total. The van der Waals surface area contributed by atoms with Crippen LogP contribution in [-0.4, -0.2) is 49.1 Å². The molecule has 1 aromatic heterocycles. The maximum atomic E-state index is 12.8. The summed E-state index contributed by atoms with van der Waals surface area (Å²) in [5.41, 5.74) is 0.541. The van der Waals surface area contributed by atoms with Gasteiger partial charge in [0.25, 0.3) is 11.8 Å². The van der Waals surface area contributed by atoms with Gasteiger partial charge < -0.3 is 24.1 Å². The number of piperidine rings is 1. The molecule has 0 radical (unpaired) electrons. The fourth-order valence-corrected chi connectivity index (χ4v) is 3.36. The number of nitrogens with zero attached hydrogens (tertiary/aromatic N) is 1. The molecule has 3 rings (SSSR count). The molecular formula is C23H30N2O5. The number of hydrogen-bond donors (Lipinski definition) is 1. The van der Waals surface area contributed by atoms with Crippen molar-refractivity contribution in [2.24, 2.45) is 0 Å². The Morgan fingerprint density at radius 3 is 2.40 bits per heavy atom. The van der Waals surface area contributed by atoms with Gasteiger partial charge in [-0.1, -0.05) is 13.8 Å². The lowest BCUT2D eigenvalue weighted by molar-refractivity contribution is 0.0667. The van der Waals surface area contributed by atoms with Crippen LogP contribution in [0.3, 0.4) is 0 Å². The predicted molar refractivity (Wildman–Crippen MR) is 113 cm³/mol. The van der Waals surface area contributed by atoms with Crippen LogP contribution >= 0.6 is 0 Å². The summed E-state index contributed by atoms with van der Waals surface area (Å²) in [6.07, 6.45) is 4.68. The summed E-state index contributed by atoms with van der Waals surface area (Å²) in [4.78, 5) is 26.9. The molecule has 1 N–H and O–H groups in total. The van der Waals surface area contributed by atoms with Crippen LogP contribution in [0.2, 0.25) is 0 Å². The molecule has 2 aromatic rings. The molecule has 0 spiro atoms. The van der Waals surface area contributed by atoms with Crippen molar-refractivity contribution in [2.75, 3.05) is 26.3 Å². The van der Waals surface area contributed by atoms with E-state index in [1.54, 1.807) is 35.2 Å². The van der Waals surface area contributed by atoms with E-state index < -0.39 is 0 Å². The van der Waals surface area contributed by atoms with Gasteiger partial charge in [0.05, 0.1) is 19.5 Å². The summed E-state index contributed by atoms with van der Waals surface area (Å²) in [6, 6.07) is 8.69. The summed E-state index contributed by atoms with van der Waals surface area (Å²) in [6.45, 7) is 6.41. The number of nitrogens with one attached hydrogen (secondary N) is 1. The van der Waals surface area contributed by atoms with Gasteiger partial charge in [-0.25, -0.2) is 0 Å². The van der Waals surface area contributed by atoms with Crippen LogP contribution in [0, 0.1) is 0 Å².